The fourth-order valence-corrected chi connectivity index (χ4v) is 5.14. The van der Waals surface area contributed by atoms with Gasteiger partial charge >= 0.3 is 0 Å². The minimum atomic E-state index is 0.767. The van der Waals surface area contributed by atoms with Crippen molar-refractivity contribution in [3.63, 3.8) is 0 Å². The molecule has 0 spiro atoms. The molecule has 0 amide bonds. The van der Waals surface area contributed by atoms with E-state index in [1.54, 1.807) is 0 Å². The standard InChI is InChI=1S/C20H11BrClIS/c21-11-5-6-15(20(24)7-11)17-10-18-16(8-12(22)9-19(18)23)13-3-1-2-4-14(13)17/h1-10,24H. The first-order valence-corrected chi connectivity index (χ1v) is 10.0. The van der Waals surface area contributed by atoms with Gasteiger partial charge in [0.25, 0.3) is 0 Å². The molecule has 0 radical (unpaired) electrons. The maximum atomic E-state index is 6.30. The summed E-state index contributed by atoms with van der Waals surface area (Å²) < 4.78 is 2.18. The molecule has 0 bridgehead atoms. The summed E-state index contributed by atoms with van der Waals surface area (Å²) in [5, 5.41) is 5.58. The van der Waals surface area contributed by atoms with Crippen LogP contribution in [0.3, 0.4) is 0 Å². The lowest BCUT2D eigenvalue weighted by Crippen LogP contribution is -1.88. The van der Waals surface area contributed by atoms with Gasteiger partial charge in [0, 0.05) is 18.0 Å². The summed E-state index contributed by atoms with van der Waals surface area (Å²) in [5.41, 5.74) is 2.32. The number of rotatable bonds is 1. The maximum absolute atomic E-state index is 6.30. The van der Waals surface area contributed by atoms with E-state index in [1.165, 1.54) is 27.1 Å². The number of hydrogen-bond donors (Lipinski definition) is 1. The van der Waals surface area contributed by atoms with Gasteiger partial charge in [-0.1, -0.05) is 57.9 Å². The van der Waals surface area contributed by atoms with Crippen LogP contribution in [0.25, 0.3) is 32.7 Å². The first-order chi connectivity index (χ1) is 11.5. The first kappa shape index (κ1) is 16.7. The summed E-state index contributed by atoms with van der Waals surface area (Å²) >= 11 is 16.9. The van der Waals surface area contributed by atoms with Crippen LogP contribution in [-0.2, 0) is 0 Å². The number of fused-ring (bicyclic) bond motifs is 3. The van der Waals surface area contributed by atoms with Crippen LogP contribution >= 0.6 is 62.8 Å². The van der Waals surface area contributed by atoms with E-state index in [0.29, 0.717) is 0 Å². The lowest BCUT2D eigenvalue weighted by atomic mass is 9.93. The van der Waals surface area contributed by atoms with Crippen molar-refractivity contribution in [2.24, 2.45) is 0 Å². The Labute approximate surface area is 172 Å². The van der Waals surface area contributed by atoms with Crippen LogP contribution in [0, 0.1) is 3.57 Å². The van der Waals surface area contributed by atoms with Gasteiger partial charge in [-0.05, 0) is 85.6 Å². The molecule has 0 aliphatic carbocycles. The van der Waals surface area contributed by atoms with Gasteiger partial charge in [-0.25, -0.2) is 0 Å². The molecular weight excluding hydrogens is 515 g/mol. The highest BCUT2D eigenvalue weighted by Gasteiger charge is 2.13. The molecule has 118 valence electrons. The molecule has 4 rings (SSSR count). The Morgan fingerprint density at radius 2 is 1.54 bits per heavy atom. The second-order valence-corrected chi connectivity index (χ2v) is 8.61. The topological polar surface area (TPSA) is 0 Å². The first-order valence-electron chi connectivity index (χ1n) is 7.34. The predicted molar refractivity (Wildman–Crippen MR) is 120 cm³/mol. The number of benzene rings is 4. The van der Waals surface area contributed by atoms with Crippen molar-refractivity contribution in [1.82, 2.24) is 0 Å². The lowest BCUT2D eigenvalue weighted by Gasteiger charge is -2.14. The molecule has 0 fully saturated rings. The highest BCUT2D eigenvalue weighted by molar-refractivity contribution is 14.1. The molecule has 0 saturated heterocycles. The molecule has 4 aromatic carbocycles. The van der Waals surface area contributed by atoms with Crippen LogP contribution in [0.2, 0.25) is 5.02 Å². The molecular formula is C20H11BrClIS. The van der Waals surface area contributed by atoms with E-state index in [0.717, 1.165) is 23.5 Å². The monoisotopic (exact) mass is 524 g/mol. The Hall–Kier alpha value is -0.750. The van der Waals surface area contributed by atoms with E-state index in [1.807, 2.05) is 18.2 Å². The van der Waals surface area contributed by atoms with Crippen LogP contribution in [0.4, 0.5) is 0 Å². The Morgan fingerprint density at radius 3 is 2.29 bits per heavy atom. The number of thiol groups is 1. The van der Waals surface area contributed by atoms with Crippen molar-refractivity contribution >= 4 is 84.3 Å². The SMILES string of the molecule is Sc1cc(Br)ccc1-c1cc2c(I)cc(Cl)cc2c2ccccc12. The molecule has 4 heteroatoms. The van der Waals surface area contributed by atoms with Gasteiger partial charge in [0.1, 0.15) is 0 Å². The Bertz CT molecular complexity index is 1110. The molecule has 0 unspecified atom stereocenters. The minimum absolute atomic E-state index is 0.767. The molecule has 4 aromatic rings. The fraction of sp³-hybridized carbons (Fsp3) is 0. The summed E-state index contributed by atoms with van der Waals surface area (Å²) in [5.74, 6) is 0. The summed E-state index contributed by atoms with van der Waals surface area (Å²) in [4.78, 5) is 0.956. The third kappa shape index (κ3) is 2.85. The second-order valence-electron chi connectivity index (χ2n) is 5.61. The van der Waals surface area contributed by atoms with Crippen molar-refractivity contribution in [2.75, 3.05) is 0 Å². The zero-order valence-electron chi connectivity index (χ0n) is 12.4. The van der Waals surface area contributed by atoms with Gasteiger partial charge in [0.15, 0.2) is 0 Å². The normalized spacial score (nSPS) is 11.3. The Kier molecular flexibility index (Phi) is 4.54. The van der Waals surface area contributed by atoms with E-state index in [9.17, 15) is 0 Å². The number of hydrogen-bond acceptors (Lipinski definition) is 1. The Morgan fingerprint density at radius 1 is 0.792 bits per heavy atom. The maximum Gasteiger partial charge on any atom is 0.0423 e. The summed E-state index contributed by atoms with van der Waals surface area (Å²) in [7, 11) is 0. The van der Waals surface area contributed by atoms with Crippen LogP contribution in [0.5, 0.6) is 0 Å². The van der Waals surface area contributed by atoms with Gasteiger partial charge in [-0.15, -0.1) is 12.6 Å². The van der Waals surface area contributed by atoms with Crippen molar-refractivity contribution in [2.45, 2.75) is 4.90 Å². The molecule has 0 N–H and O–H groups in total. The smallest absolute Gasteiger partial charge is 0.0423 e. The summed E-state index contributed by atoms with van der Waals surface area (Å²) in [6, 6.07) is 21.0. The van der Waals surface area contributed by atoms with E-state index in [2.05, 4.69) is 93.6 Å². The third-order valence-electron chi connectivity index (χ3n) is 4.14. The lowest BCUT2D eigenvalue weighted by molar-refractivity contribution is 1.44. The van der Waals surface area contributed by atoms with Crippen LogP contribution < -0.4 is 0 Å². The van der Waals surface area contributed by atoms with Crippen molar-refractivity contribution < 1.29 is 0 Å². The van der Waals surface area contributed by atoms with Gasteiger partial charge in [0.05, 0.1) is 0 Å². The molecule has 0 nitrogen and oxygen atoms in total. The molecule has 24 heavy (non-hydrogen) atoms. The van der Waals surface area contributed by atoms with E-state index >= 15 is 0 Å². The van der Waals surface area contributed by atoms with Crippen LogP contribution in [0.1, 0.15) is 0 Å². The molecule has 0 aliphatic rings. The van der Waals surface area contributed by atoms with E-state index < -0.39 is 0 Å². The average molecular weight is 526 g/mol. The van der Waals surface area contributed by atoms with Crippen molar-refractivity contribution in [3.05, 3.63) is 73.7 Å². The zero-order chi connectivity index (χ0) is 16.8. The summed E-state index contributed by atoms with van der Waals surface area (Å²) in [6.07, 6.45) is 0. The number of halogens is 3. The highest BCUT2D eigenvalue weighted by atomic mass is 127. The molecule has 0 aliphatic heterocycles. The predicted octanol–water partition coefficient (Wildman–Crippen LogP) is 7.97. The van der Waals surface area contributed by atoms with Gasteiger partial charge < -0.3 is 0 Å². The van der Waals surface area contributed by atoms with Gasteiger partial charge in [0.2, 0.25) is 0 Å². The molecule has 0 atom stereocenters. The molecule has 0 saturated carbocycles. The molecule has 0 heterocycles. The fourth-order valence-electron chi connectivity index (χ4n) is 3.08. The van der Waals surface area contributed by atoms with Crippen LogP contribution in [-0.4, -0.2) is 0 Å². The highest BCUT2D eigenvalue weighted by Crippen LogP contribution is 2.40. The third-order valence-corrected chi connectivity index (χ3v) is 6.11. The minimum Gasteiger partial charge on any atom is -0.143 e. The largest absolute Gasteiger partial charge is 0.143 e. The van der Waals surface area contributed by atoms with E-state index in [-0.39, 0.29) is 0 Å². The van der Waals surface area contributed by atoms with Gasteiger partial charge in [-0.3, -0.25) is 0 Å². The Balaban J connectivity index is 2.19. The second kappa shape index (κ2) is 6.52. The molecule has 0 aromatic heterocycles. The van der Waals surface area contributed by atoms with E-state index in [4.69, 9.17) is 11.6 Å². The zero-order valence-corrected chi connectivity index (χ0v) is 17.7. The van der Waals surface area contributed by atoms with Crippen LogP contribution in [0.15, 0.2) is 70.0 Å². The quantitative estimate of drug-likeness (QED) is 0.145. The van der Waals surface area contributed by atoms with Crippen molar-refractivity contribution in [1.29, 1.82) is 0 Å². The van der Waals surface area contributed by atoms with Gasteiger partial charge in [-0.2, -0.15) is 0 Å². The van der Waals surface area contributed by atoms with Crippen molar-refractivity contribution in [3.8, 4) is 11.1 Å². The summed E-state index contributed by atoms with van der Waals surface area (Å²) in [6.45, 7) is 0. The average Bonchev–Trinajstić information content (AvgIpc) is 2.55.